The van der Waals surface area contributed by atoms with Crippen LogP contribution in [0.4, 0.5) is 8.78 Å². The second-order valence-corrected chi connectivity index (χ2v) is 7.07. The van der Waals surface area contributed by atoms with E-state index in [4.69, 9.17) is 0 Å². The molecule has 4 nitrogen and oxygen atoms in total. The van der Waals surface area contributed by atoms with Crippen LogP contribution in [0.1, 0.15) is 26.2 Å². The first-order valence-corrected chi connectivity index (χ1v) is 8.60. The highest BCUT2D eigenvalue weighted by Crippen LogP contribution is 2.20. The minimum absolute atomic E-state index is 0.0730. The summed E-state index contributed by atoms with van der Waals surface area (Å²) in [6, 6.07) is 2.65. The zero-order chi connectivity index (χ0) is 15.5. The Kier molecular flexibility index (Phi) is 5.29. The Labute approximate surface area is 124 Å². The third-order valence-electron chi connectivity index (χ3n) is 3.95. The fraction of sp³-hybridized carbons (Fsp3) is 0.571. The lowest BCUT2D eigenvalue weighted by atomic mass is 9.89. The number of halogens is 2. The predicted octanol–water partition coefficient (Wildman–Crippen LogP) is 2.02. The van der Waals surface area contributed by atoms with Crippen molar-refractivity contribution in [3.63, 3.8) is 0 Å². The van der Waals surface area contributed by atoms with E-state index in [1.807, 2.05) is 0 Å². The van der Waals surface area contributed by atoms with Crippen LogP contribution in [0.2, 0.25) is 0 Å². The van der Waals surface area contributed by atoms with Gasteiger partial charge in [0, 0.05) is 12.6 Å². The van der Waals surface area contributed by atoms with Crippen molar-refractivity contribution in [2.45, 2.75) is 37.1 Å². The summed E-state index contributed by atoms with van der Waals surface area (Å²) in [4.78, 5) is -0.259. The van der Waals surface area contributed by atoms with Gasteiger partial charge in [0.05, 0.1) is 4.90 Å². The van der Waals surface area contributed by atoms with E-state index < -0.39 is 21.7 Å². The molecule has 2 N–H and O–H groups in total. The average Bonchev–Trinajstić information content (AvgIpc) is 2.48. The first-order valence-electron chi connectivity index (χ1n) is 7.12. The Morgan fingerprint density at radius 2 is 2.10 bits per heavy atom. The molecule has 0 aromatic heterocycles. The van der Waals surface area contributed by atoms with Gasteiger partial charge in [0.15, 0.2) is 11.6 Å². The molecule has 7 heteroatoms. The van der Waals surface area contributed by atoms with E-state index in [-0.39, 0.29) is 17.5 Å². The Balaban J connectivity index is 2.05. The fourth-order valence-corrected chi connectivity index (χ4v) is 3.75. The second kappa shape index (κ2) is 6.81. The Bertz CT molecular complexity index is 593. The number of piperidine rings is 1. The molecule has 0 radical (unpaired) electrons. The maximum atomic E-state index is 13.1. The van der Waals surface area contributed by atoms with Crippen LogP contribution in [0.5, 0.6) is 0 Å². The van der Waals surface area contributed by atoms with Gasteiger partial charge in [-0.1, -0.05) is 13.3 Å². The van der Waals surface area contributed by atoms with Crippen LogP contribution in [0.25, 0.3) is 0 Å². The van der Waals surface area contributed by atoms with Gasteiger partial charge in [0.25, 0.3) is 0 Å². The number of nitrogens with one attached hydrogen (secondary N) is 2. The molecule has 118 valence electrons. The number of rotatable bonds is 5. The maximum Gasteiger partial charge on any atom is 0.240 e. The fourth-order valence-electron chi connectivity index (χ4n) is 2.67. The molecule has 0 amide bonds. The number of sulfonamides is 1. The lowest BCUT2D eigenvalue weighted by Crippen LogP contribution is -2.48. The molecule has 2 atom stereocenters. The minimum atomic E-state index is -3.83. The van der Waals surface area contributed by atoms with Gasteiger partial charge in [-0.15, -0.1) is 0 Å². The molecule has 1 saturated heterocycles. The van der Waals surface area contributed by atoms with Crippen LogP contribution in [0, 0.1) is 17.6 Å². The summed E-state index contributed by atoms with van der Waals surface area (Å²) in [5.41, 5.74) is 0. The first-order chi connectivity index (χ1) is 9.94. The molecule has 1 heterocycles. The first kappa shape index (κ1) is 16.3. The van der Waals surface area contributed by atoms with Crippen molar-refractivity contribution in [3.8, 4) is 0 Å². The SMILES string of the molecule is CCC1CCCNC1CNS(=O)(=O)c1ccc(F)c(F)c1. The molecule has 2 unspecified atom stereocenters. The van der Waals surface area contributed by atoms with Crippen LogP contribution in [-0.4, -0.2) is 27.5 Å². The third kappa shape index (κ3) is 3.99. The van der Waals surface area contributed by atoms with E-state index in [0.29, 0.717) is 12.0 Å². The van der Waals surface area contributed by atoms with E-state index in [1.165, 1.54) is 0 Å². The van der Waals surface area contributed by atoms with Crippen molar-refractivity contribution in [2.75, 3.05) is 13.1 Å². The third-order valence-corrected chi connectivity index (χ3v) is 5.37. The highest BCUT2D eigenvalue weighted by molar-refractivity contribution is 7.89. The van der Waals surface area contributed by atoms with Crippen molar-refractivity contribution in [2.24, 2.45) is 5.92 Å². The number of hydrogen-bond acceptors (Lipinski definition) is 3. The van der Waals surface area contributed by atoms with E-state index in [1.54, 1.807) is 0 Å². The molecular formula is C14H20F2N2O2S. The average molecular weight is 318 g/mol. The van der Waals surface area contributed by atoms with Gasteiger partial charge < -0.3 is 5.32 Å². The molecule has 21 heavy (non-hydrogen) atoms. The Hall–Kier alpha value is -1.05. The Morgan fingerprint density at radius 3 is 2.76 bits per heavy atom. The lowest BCUT2D eigenvalue weighted by Gasteiger charge is -2.32. The highest BCUT2D eigenvalue weighted by atomic mass is 32.2. The van der Waals surface area contributed by atoms with Gasteiger partial charge in [-0.25, -0.2) is 21.9 Å². The largest absolute Gasteiger partial charge is 0.312 e. The monoisotopic (exact) mass is 318 g/mol. The molecule has 0 bridgehead atoms. The van der Waals surface area contributed by atoms with Crippen molar-refractivity contribution in [1.82, 2.24) is 10.0 Å². The topological polar surface area (TPSA) is 58.2 Å². The van der Waals surface area contributed by atoms with Crippen molar-refractivity contribution in [3.05, 3.63) is 29.8 Å². The molecule has 1 aromatic carbocycles. The number of hydrogen-bond donors (Lipinski definition) is 2. The zero-order valence-electron chi connectivity index (χ0n) is 11.9. The molecule has 1 fully saturated rings. The van der Waals surface area contributed by atoms with E-state index >= 15 is 0 Å². The Morgan fingerprint density at radius 1 is 1.33 bits per heavy atom. The van der Waals surface area contributed by atoms with Crippen LogP contribution < -0.4 is 10.0 Å². The van der Waals surface area contributed by atoms with Gasteiger partial charge in [-0.2, -0.15) is 0 Å². The molecule has 0 aliphatic carbocycles. The summed E-state index contributed by atoms with van der Waals surface area (Å²) in [6.07, 6.45) is 3.14. The highest BCUT2D eigenvalue weighted by Gasteiger charge is 2.25. The summed E-state index contributed by atoms with van der Waals surface area (Å²) in [7, 11) is -3.83. The van der Waals surface area contributed by atoms with E-state index in [0.717, 1.165) is 37.9 Å². The molecular weight excluding hydrogens is 298 g/mol. The molecule has 1 aliphatic heterocycles. The zero-order valence-corrected chi connectivity index (χ0v) is 12.7. The van der Waals surface area contributed by atoms with Crippen LogP contribution in [0.15, 0.2) is 23.1 Å². The predicted molar refractivity (Wildman–Crippen MR) is 76.4 cm³/mol. The summed E-state index contributed by atoms with van der Waals surface area (Å²) in [6.45, 7) is 3.20. The number of benzene rings is 1. The van der Waals surface area contributed by atoms with Crippen molar-refractivity contribution in [1.29, 1.82) is 0 Å². The summed E-state index contributed by atoms with van der Waals surface area (Å²) in [5, 5.41) is 3.30. The standard InChI is InChI=1S/C14H20F2N2O2S/c1-2-10-4-3-7-17-14(10)9-18-21(19,20)11-5-6-12(15)13(16)8-11/h5-6,8,10,14,17-18H,2-4,7,9H2,1H3. The van der Waals surface area contributed by atoms with E-state index in [9.17, 15) is 17.2 Å². The molecule has 0 saturated carbocycles. The van der Waals surface area contributed by atoms with Crippen LogP contribution >= 0.6 is 0 Å². The quantitative estimate of drug-likeness (QED) is 0.873. The molecule has 2 rings (SSSR count). The van der Waals surface area contributed by atoms with Crippen molar-refractivity contribution >= 4 is 10.0 Å². The van der Waals surface area contributed by atoms with Crippen LogP contribution in [0.3, 0.4) is 0 Å². The second-order valence-electron chi connectivity index (χ2n) is 5.30. The van der Waals surface area contributed by atoms with Crippen LogP contribution in [-0.2, 0) is 10.0 Å². The van der Waals surface area contributed by atoms with Gasteiger partial charge in [0.1, 0.15) is 0 Å². The summed E-state index contributed by atoms with van der Waals surface area (Å²) < 4.78 is 52.7. The van der Waals surface area contributed by atoms with Gasteiger partial charge in [0.2, 0.25) is 10.0 Å². The normalized spacial score (nSPS) is 23.2. The van der Waals surface area contributed by atoms with Gasteiger partial charge in [-0.05, 0) is 43.5 Å². The van der Waals surface area contributed by atoms with Gasteiger partial charge in [-0.3, -0.25) is 0 Å². The van der Waals surface area contributed by atoms with Gasteiger partial charge >= 0.3 is 0 Å². The summed E-state index contributed by atoms with van der Waals surface area (Å²) >= 11 is 0. The van der Waals surface area contributed by atoms with Crippen molar-refractivity contribution < 1.29 is 17.2 Å². The minimum Gasteiger partial charge on any atom is -0.312 e. The molecule has 1 aromatic rings. The van der Waals surface area contributed by atoms with E-state index in [2.05, 4.69) is 17.0 Å². The molecule has 0 spiro atoms. The lowest BCUT2D eigenvalue weighted by molar-refractivity contribution is 0.273. The maximum absolute atomic E-state index is 13.1. The smallest absolute Gasteiger partial charge is 0.240 e. The molecule has 1 aliphatic rings. The summed E-state index contributed by atoms with van der Waals surface area (Å²) in [5.74, 6) is -1.81.